The largest absolute Gasteiger partial charge is 0.465 e. The summed E-state index contributed by atoms with van der Waals surface area (Å²) in [6, 6.07) is 0. The first kappa shape index (κ1) is 20.7. The predicted octanol–water partition coefficient (Wildman–Crippen LogP) is 4.52. The Morgan fingerprint density at radius 3 is 1.83 bits per heavy atom. The number of rotatable bonds is 5. The molecule has 0 rings (SSSR count). The number of ketones is 1. The van der Waals surface area contributed by atoms with Crippen molar-refractivity contribution < 1.29 is 14.3 Å². The Hall–Kier alpha value is 0.340. The van der Waals surface area contributed by atoms with Gasteiger partial charge in [-0.15, -0.1) is 0 Å². The Kier molecular flexibility index (Phi) is 12.8. The quantitative estimate of drug-likeness (QED) is 0.252. The number of hydrogen-bond acceptors (Lipinski definition) is 3. The molecule has 5 heteroatoms. The van der Waals surface area contributed by atoms with Gasteiger partial charge >= 0.3 is 5.97 Å². The van der Waals surface area contributed by atoms with E-state index >= 15 is 0 Å². The van der Waals surface area contributed by atoms with Crippen molar-refractivity contribution in [1.82, 2.24) is 0 Å². The molecule has 0 saturated heterocycles. The maximum absolute atomic E-state index is 11.7. The SMILES string of the molecule is CCOC(=O)C(C(C)=O)C(C)C(C)=C(C)C.II. The molecular formula is C13H22I2O3. The molecule has 0 fully saturated rings. The van der Waals surface area contributed by atoms with Crippen molar-refractivity contribution in [2.75, 3.05) is 6.61 Å². The molecule has 106 valence electrons. The lowest BCUT2D eigenvalue weighted by molar-refractivity contribution is -0.152. The highest BCUT2D eigenvalue weighted by Gasteiger charge is 2.31. The van der Waals surface area contributed by atoms with Gasteiger partial charge < -0.3 is 4.74 Å². The molecule has 0 heterocycles. The molecule has 3 nitrogen and oxygen atoms in total. The zero-order valence-electron chi connectivity index (χ0n) is 11.8. The second-order valence-electron chi connectivity index (χ2n) is 4.31. The van der Waals surface area contributed by atoms with Crippen LogP contribution in [0.1, 0.15) is 41.5 Å². The highest BCUT2D eigenvalue weighted by Crippen LogP contribution is 2.24. The first-order valence-electron chi connectivity index (χ1n) is 5.78. The topological polar surface area (TPSA) is 43.4 Å². The van der Waals surface area contributed by atoms with Gasteiger partial charge in [0.25, 0.3) is 0 Å². The van der Waals surface area contributed by atoms with Crippen LogP contribution in [0.15, 0.2) is 11.1 Å². The molecule has 0 bridgehead atoms. The molecule has 0 aromatic heterocycles. The Bertz CT molecular complexity index is 307. The highest BCUT2D eigenvalue weighted by molar-refractivity contribution is 15.0. The Morgan fingerprint density at radius 2 is 1.56 bits per heavy atom. The minimum atomic E-state index is -0.671. The van der Waals surface area contributed by atoms with Crippen LogP contribution in [0.5, 0.6) is 0 Å². The van der Waals surface area contributed by atoms with Gasteiger partial charge in [-0.2, -0.15) is 0 Å². The van der Waals surface area contributed by atoms with Crippen LogP contribution in [0.3, 0.4) is 0 Å². The van der Waals surface area contributed by atoms with Crippen molar-refractivity contribution >= 4 is 49.0 Å². The fraction of sp³-hybridized carbons (Fsp3) is 0.692. The van der Waals surface area contributed by atoms with Gasteiger partial charge in [-0.05, 0) is 40.5 Å². The zero-order chi connectivity index (χ0) is 14.9. The van der Waals surface area contributed by atoms with Crippen LogP contribution in [0.4, 0.5) is 0 Å². The van der Waals surface area contributed by atoms with Gasteiger partial charge in [-0.3, -0.25) is 9.59 Å². The van der Waals surface area contributed by atoms with Crippen molar-refractivity contribution in [3.8, 4) is 0 Å². The summed E-state index contributed by atoms with van der Waals surface area (Å²) in [6.07, 6.45) is 0. The fourth-order valence-electron chi connectivity index (χ4n) is 1.66. The van der Waals surface area contributed by atoms with E-state index in [9.17, 15) is 9.59 Å². The number of carbonyl (C=O) groups is 2. The van der Waals surface area contributed by atoms with Crippen molar-refractivity contribution in [3.63, 3.8) is 0 Å². The Balaban J connectivity index is 0. The van der Waals surface area contributed by atoms with Gasteiger partial charge in [-0.25, -0.2) is 0 Å². The zero-order valence-corrected chi connectivity index (χ0v) is 16.2. The van der Waals surface area contributed by atoms with E-state index in [-0.39, 0.29) is 11.7 Å². The summed E-state index contributed by atoms with van der Waals surface area (Å²) < 4.78 is 4.93. The molecule has 0 aliphatic heterocycles. The second-order valence-corrected chi connectivity index (χ2v) is 4.31. The lowest BCUT2D eigenvalue weighted by Gasteiger charge is -2.21. The van der Waals surface area contributed by atoms with Crippen LogP contribution >= 0.6 is 37.2 Å². The molecule has 18 heavy (non-hydrogen) atoms. The van der Waals surface area contributed by atoms with E-state index in [1.807, 2.05) is 27.7 Å². The third-order valence-corrected chi connectivity index (χ3v) is 2.95. The standard InChI is InChI=1S/C13H22O3.I2/c1-7-16-13(15)12(11(6)14)10(5)9(4)8(2)3;1-2/h10,12H,7H2,1-6H3;. The van der Waals surface area contributed by atoms with Crippen molar-refractivity contribution in [3.05, 3.63) is 11.1 Å². The van der Waals surface area contributed by atoms with E-state index < -0.39 is 11.9 Å². The van der Waals surface area contributed by atoms with Crippen LogP contribution in [0.2, 0.25) is 0 Å². The van der Waals surface area contributed by atoms with Gasteiger partial charge in [0.1, 0.15) is 11.7 Å². The maximum atomic E-state index is 11.7. The molecule has 0 N–H and O–H groups in total. The molecule has 0 aromatic carbocycles. The van der Waals surface area contributed by atoms with Crippen LogP contribution < -0.4 is 0 Å². The monoisotopic (exact) mass is 480 g/mol. The number of ether oxygens (including phenoxy) is 1. The number of allylic oxidation sites excluding steroid dienone is 2. The van der Waals surface area contributed by atoms with Crippen LogP contribution in [0, 0.1) is 11.8 Å². The van der Waals surface area contributed by atoms with Crippen molar-refractivity contribution in [1.29, 1.82) is 0 Å². The average molecular weight is 480 g/mol. The summed E-state index contributed by atoms with van der Waals surface area (Å²) in [5.41, 5.74) is 2.22. The van der Waals surface area contributed by atoms with Gasteiger partial charge in [0, 0.05) is 37.2 Å². The summed E-state index contributed by atoms with van der Waals surface area (Å²) in [5.74, 6) is -1.31. The van der Waals surface area contributed by atoms with Crippen LogP contribution in [-0.2, 0) is 14.3 Å². The molecule has 0 aliphatic rings. The molecule has 0 saturated carbocycles. The van der Waals surface area contributed by atoms with Gasteiger partial charge in [-0.1, -0.05) is 18.1 Å². The summed E-state index contributed by atoms with van der Waals surface area (Å²) >= 11 is 4.24. The summed E-state index contributed by atoms with van der Waals surface area (Å²) in [5, 5.41) is 0. The number of carbonyl (C=O) groups excluding carboxylic acids is 2. The third-order valence-electron chi connectivity index (χ3n) is 2.95. The summed E-state index contributed by atoms with van der Waals surface area (Å²) in [7, 11) is 0. The normalized spacial score (nSPS) is 12.7. The fourth-order valence-corrected chi connectivity index (χ4v) is 1.66. The van der Waals surface area contributed by atoms with E-state index in [0.29, 0.717) is 6.61 Å². The van der Waals surface area contributed by atoms with Gasteiger partial charge in [0.2, 0.25) is 0 Å². The average Bonchev–Trinajstić information content (AvgIpc) is 2.30. The first-order chi connectivity index (χ1) is 8.32. The minimum absolute atomic E-state index is 0.0958. The molecule has 0 amide bonds. The van der Waals surface area contributed by atoms with E-state index in [2.05, 4.69) is 37.2 Å². The maximum Gasteiger partial charge on any atom is 0.317 e. The number of hydrogen-bond donors (Lipinski definition) is 0. The number of Topliss-reactive ketones (excluding diaryl/α,β-unsaturated/α-hetero) is 1. The Labute approximate surface area is 133 Å². The van der Waals surface area contributed by atoms with E-state index in [0.717, 1.165) is 11.1 Å². The lowest BCUT2D eigenvalue weighted by Crippen LogP contribution is -2.31. The van der Waals surface area contributed by atoms with E-state index in [1.54, 1.807) is 6.92 Å². The second kappa shape index (κ2) is 11.2. The highest BCUT2D eigenvalue weighted by atomic mass is 128. The van der Waals surface area contributed by atoms with Crippen molar-refractivity contribution in [2.45, 2.75) is 41.5 Å². The lowest BCUT2D eigenvalue weighted by atomic mass is 9.84. The third kappa shape index (κ3) is 7.06. The number of esters is 1. The Morgan fingerprint density at radius 1 is 1.11 bits per heavy atom. The van der Waals surface area contributed by atoms with Gasteiger partial charge in [0.05, 0.1) is 6.61 Å². The predicted molar refractivity (Wildman–Crippen MR) is 92.1 cm³/mol. The van der Waals surface area contributed by atoms with Crippen LogP contribution in [0.25, 0.3) is 0 Å². The molecule has 0 aliphatic carbocycles. The van der Waals surface area contributed by atoms with E-state index in [1.165, 1.54) is 6.92 Å². The van der Waals surface area contributed by atoms with Crippen molar-refractivity contribution in [2.24, 2.45) is 11.8 Å². The molecular weight excluding hydrogens is 458 g/mol. The molecule has 0 spiro atoms. The molecule has 0 aromatic rings. The first-order valence-corrected chi connectivity index (χ1v) is 12.1. The smallest absolute Gasteiger partial charge is 0.317 e. The van der Waals surface area contributed by atoms with Crippen LogP contribution in [-0.4, -0.2) is 18.4 Å². The molecule has 2 unspecified atom stereocenters. The number of halogens is 2. The molecule has 0 radical (unpaired) electrons. The summed E-state index contributed by atoms with van der Waals surface area (Å²) in [4.78, 5) is 23.2. The van der Waals surface area contributed by atoms with Gasteiger partial charge in [0.15, 0.2) is 0 Å². The minimum Gasteiger partial charge on any atom is -0.465 e. The summed E-state index contributed by atoms with van der Waals surface area (Å²) in [6.45, 7) is 11.3. The van der Waals surface area contributed by atoms with E-state index in [4.69, 9.17) is 4.74 Å². The molecule has 2 atom stereocenters.